The van der Waals surface area contributed by atoms with Gasteiger partial charge in [-0.3, -0.25) is 4.99 Å². The van der Waals surface area contributed by atoms with E-state index < -0.39 is 6.36 Å². The number of anilines is 1. The number of ether oxygens (including phenoxy) is 1. The van der Waals surface area contributed by atoms with Crippen molar-refractivity contribution in [1.82, 2.24) is 0 Å². The molecule has 1 fully saturated rings. The van der Waals surface area contributed by atoms with Gasteiger partial charge in [-0.2, -0.15) is 5.26 Å². The molecule has 0 spiro atoms. The van der Waals surface area contributed by atoms with Crippen LogP contribution in [0, 0.1) is 23.2 Å². The zero-order valence-corrected chi connectivity index (χ0v) is 13.0. The number of hydrogen-bond donors (Lipinski definition) is 2. The van der Waals surface area contributed by atoms with E-state index in [0.717, 1.165) is 25.7 Å². The number of alkyl halides is 3. The van der Waals surface area contributed by atoms with Crippen LogP contribution in [0.15, 0.2) is 29.3 Å². The molecular formula is C16H19F3N4O. The van der Waals surface area contributed by atoms with E-state index in [9.17, 15) is 13.2 Å². The second kappa shape index (κ2) is 7.90. The Morgan fingerprint density at radius 1 is 1.29 bits per heavy atom. The van der Waals surface area contributed by atoms with Crippen molar-refractivity contribution in [2.24, 2.45) is 22.6 Å². The monoisotopic (exact) mass is 340 g/mol. The van der Waals surface area contributed by atoms with E-state index in [1.54, 1.807) is 6.07 Å². The van der Waals surface area contributed by atoms with Crippen LogP contribution in [0.5, 0.6) is 5.75 Å². The zero-order chi connectivity index (χ0) is 17.6. The molecule has 0 saturated heterocycles. The fraction of sp³-hybridized carbons (Fsp3) is 0.500. The summed E-state index contributed by atoms with van der Waals surface area (Å²) < 4.78 is 41.1. The van der Waals surface area contributed by atoms with Crippen LogP contribution in [0.4, 0.5) is 18.9 Å². The molecule has 3 N–H and O–H groups in total. The third kappa shape index (κ3) is 5.65. The lowest BCUT2D eigenvalue weighted by atomic mass is 9.83. The lowest BCUT2D eigenvalue weighted by Gasteiger charge is -2.23. The zero-order valence-electron chi connectivity index (χ0n) is 13.0. The van der Waals surface area contributed by atoms with Crippen molar-refractivity contribution in [2.75, 3.05) is 11.9 Å². The van der Waals surface area contributed by atoms with Crippen molar-refractivity contribution in [2.45, 2.75) is 32.0 Å². The predicted octanol–water partition coefficient (Wildman–Crippen LogP) is 3.64. The smallest absolute Gasteiger partial charge is 0.404 e. The van der Waals surface area contributed by atoms with Gasteiger partial charge in [0.1, 0.15) is 0 Å². The topological polar surface area (TPSA) is 83.4 Å². The molecule has 2 rings (SSSR count). The molecule has 0 bridgehead atoms. The second-order valence-corrected chi connectivity index (χ2v) is 5.74. The van der Waals surface area contributed by atoms with Gasteiger partial charge in [-0.25, -0.2) is 0 Å². The fourth-order valence-corrected chi connectivity index (χ4v) is 2.66. The minimum absolute atomic E-state index is 0.0376. The van der Waals surface area contributed by atoms with Gasteiger partial charge in [0.05, 0.1) is 11.8 Å². The number of guanidine groups is 1. The van der Waals surface area contributed by atoms with Crippen LogP contribution < -0.4 is 15.8 Å². The molecule has 8 heteroatoms. The summed E-state index contributed by atoms with van der Waals surface area (Å²) in [5.74, 6) is 0.136. The second-order valence-electron chi connectivity index (χ2n) is 5.74. The van der Waals surface area contributed by atoms with E-state index in [-0.39, 0.29) is 23.3 Å². The Bertz CT molecular complexity index is 616. The van der Waals surface area contributed by atoms with E-state index in [1.165, 1.54) is 18.2 Å². The van der Waals surface area contributed by atoms with Crippen LogP contribution in [0.2, 0.25) is 0 Å². The predicted molar refractivity (Wildman–Crippen MR) is 84.3 cm³/mol. The van der Waals surface area contributed by atoms with Crippen LogP contribution in [0.1, 0.15) is 25.7 Å². The van der Waals surface area contributed by atoms with Crippen molar-refractivity contribution in [3.8, 4) is 11.8 Å². The summed E-state index contributed by atoms with van der Waals surface area (Å²) in [5, 5.41) is 11.5. The van der Waals surface area contributed by atoms with Crippen LogP contribution in [0.25, 0.3) is 0 Å². The molecule has 1 saturated carbocycles. The molecule has 1 aromatic carbocycles. The fourth-order valence-electron chi connectivity index (χ4n) is 2.66. The Morgan fingerprint density at radius 3 is 2.58 bits per heavy atom. The van der Waals surface area contributed by atoms with Gasteiger partial charge in [0.15, 0.2) is 11.7 Å². The minimum atomic E-state index is -4.77. The minimum Gasteiger partial charge on any atom is -0.404 e. The van der Waals surface area contributed by atoms with E-state index in [2.05, 4.69) is 21.1 Å². The summed E-state index contributed by atoms with van der Waals surface area (Å²) in [6, 6.07) is 7.91. The van der Waals surface area contributed by atoms with Gasteiger partial charge in [-0.1, -0.05) is 12.1 Å². The molecule has 5 nitrogen and oxygen atoms in total. The normalized spacial score (nSPS) is 21.8. The van der Waals surface area contributed by atoms with Crippen LogP contribution in [0.3, 0.4) is 0 Å². The van der Waals surface area contributed by atoms with Crippen molar-refractivity contribution < 1.29 is 17.9 Å². The third-order valence-corrected chi connectivity index (χ3v) is 3.92. The molecule has 1 aliphatic rings. The largest absolute Gasteiger partial charge is 0.573 e. The highest BCUT2D eigenvalue weighted by molar-refractivity contribution is 5.93. The van der Waals surface area contributed by atoms with Gasteiger partial charge in [0.25, 0.3) is 0 Å². The molecule has 0 unspecified atom stereocenters. The Balaban J connectivity index is 1.92. The lowest BCUT2D eigenvalue weighted by Crippen LogP contribution is -2.26. The number of nitrogens with two attached hydrogens (primary N) is 1. The summed E-state index contributed by atoms with van der Waals surface area (Å²) >= 11 is 0. The average molecular weight is 340 g/mol. The summed E-state index contributed by atoms with van der Waals surface area (Å²) in [7, 11) is 0. The Hall–Kier alpha value is -2.43. The van der Waals surface area contributed by atoms with Crippen molar-refractivity contribution in [3.05, 3.63) is 24.3 Å². The van der Waals surface area contributed by atoms with E-state index in [1.807, 2.05) is 0 Å². The van der Waals surface area contributed by atoms with Gasteiger partial charge in [0, 0.05) is 12.5 Å². The summed E-state index contributed by atoms with van der Waals surface area (Å²) in [6.07, 6.45) is -1.26. The highest BCUT2D eigenvalue weighted by Gasteiger charge is 2.32. The van der Waals surface area contributed by atoms with Crippen molar-refractivity contribution >= 4 is 11.6 Å². The number of nitriles is 1. The molecule has 0 amide bonds. The number of aliphatic imine (C=N–C) groups is 1. The number of rotatable bonds is 4. The molecule has 130 valence electrons. The first-order valence-corrected chi connectivity index (χ1v) is 7.68. The van der Waals surface area contributed by atoms with Gasteiger partial charge < -0.3 is 15.8 Å². The Labute approximate surface area is 138 Å². The van der Waals surface area contributed by atoms with Crippen molar-refractivity contribution in [3.63, 3.8) is 0 Å². The highest BCUT2D eigenvalue weighted by Crippen LogP contribution is 2.30. The number of para-hydroxylation sites is 2. The summed E-state index contributed by atoms with van der Waals surface area (Å²) in [4.78, 5) is 4.20. The maximum absolute atomic E-state index is 12.4. The molecule has 1 aliphatic carbocycles. The van der Waals surface area contributed by atoms with Gasteiger partial charge in [-0.05, 0) is 43.7 Å². The molecule has 24 heavy (non-hydrogen) atoms. The number of hydrogen-bond acceptors (Lipinski definition) is 3. The first kappa shape index (κ1) is 17.9. The first-order valence-electron chi connectivity index (χ1n) is 7.68. The molecule has 0 aromatic heterocycles. The van der Waals surface area contributed by atoms with Crippen LogP contribution in [-0.4, -0.2) is 18.9 Å². The SMILES string of the molecule is N#CC1CCC(CN=C(N)Nc2ccccc2OC(F)(F)F)CC1. The molecule has 0 aliphatic heterocycles. The van der Waals surface area contributed by atoms with Gasteiger partial charge in [-0.15, -0.1) is 13.2 Å². The number of benzene rings is 1. The van der Waals surface area contributed by atoms with E-state index in [4.69, 9.17) is 11.0 Å². The van der Waals surface area contributed by atoms with Crippen LogP contribution in [-0.2, 0) is 0 Å². The lowest BCUT2D eigenvalue weighted by molar-refractivity contribution is -0.274. The summed E-state index contributed by atoms with van der Waals surface area (Å²) in [6.45, 7) is 0.485. The highest BCUT2D eigenvalue weighted by atomic mass is 19.4. The average Bonchev–Trinajstić information content (AvgIpc) is 2.54. The van der Waals surface area contributed by atoms with Crippen molar-refractivity contribution in [1.29, 1.82) is 5.26 Å². The Morgan fingerprint density at radius 2 is 1.96 bits per heavy atom. The number of nitrogens with one attached hydrogen (secondary N) is 1. The molecule has 0 atom stereocenters. The van der Waals surface area contributed by atoms with E-state index >= 15 is 0 Å². The van der Waals surface area contributed by atoms with Crippen LogP contribution >= 0.6 is 0 Å². The molecule has 1 aromatic rings. The third-order valence-electron chi connectivity index (χ3n) is 3.92. The maximum atomic E-state index is 12.4. The molecular weight excluding hydrogens is 321 g/mol. The standard InChI is InChI=1S/C16H19F3N4O/c17-16(18,19)24-14-4-2-1-3-13(14)23-15(21)22-10-12-7-5-11(9-20)6-8-12/h1-4,11-12H,5-8,10H2,(H3,21,22,23). The quantitative estimate of drug-likeness (QED) is 0.647. The Kier molecular flexibility index (Phi) is 5.90. The maximum Gasteiger partial charge on any atom is 0.573 e. The number of nitrogens with zero attached hydrogens (tertiary/aromatic N) is 2. The summed E-state index contributed by atoms with van der Waals surface area (Å²) in [5.41, 5.74) is 5.86. The number of halogens is 3. The van der Waals surface area contributed by atoms with Gasteiger partial charge in [0.2, 0.25) is 0 Å². The molecule has 0 heterocycles. The van der Waals surface area contributed by atoms with E-state index in [0.29, 0.717) is 12.5 Å². The molecule has 0 radical (unpaired) electrons. The van der Waals surface area contributed by atoms with Gasteiger partial charge >= 0.3 is 6.36 Å². The first-order chi connectivity index (χ1) is 11.4.